The van der Waals surface area contributed by atoms with Gasteiger partial charge < -0.3 is 9.47 Å². The first-order chi connectivity index (χ1) is 10.1. The number of fused-ring (bicyclic) bond motifs is 1. The molecule has 1 aromatic rings. The number of nitrogens with zero attached hydrogens (tertiary/aromatic N) is 2. The molecule has 4 atom stereocenters. The highest BCUT2D eigenvalue weighted by Crippen LogP contribution is 2.41. The summed E-state index contributed by atoms with van der Waals surface area (Å²) in [7, 11) is 0. The summed E-state index contributed by atoms with van der Waals surface area (Å²) in [6, 6.07) is 12.1. The lowest BCUT2D eigenvalue weighted by molar-refractivity contribution is -0.164. The van der Waals surface area contributed by atoms with Gasteiger partial charge in [-0.2, -0.15) is 5.26 Å². The van der Waals surface area contributed by atoms with Crippen LogP contribution in [0.5, 0.6) is 0 Å². The lowest BCUT2D eigenvalue weighted by Gasteiger charge is -2.30. The van der Waals surface area contributed by atoms with Crippen molar-refractivity contribution in [3.05, 3.63) is 35.9 Å². The number of rotatable bonds is 3. The zero-order valence-electron chi connectivity index (χ0n) is 12.2. The van der Waals surface area contributed by atoms with E-state index in [1.165, 1.54) is 0 Å². The molecule has 0 saturated carbocycles. The summed E-state index contributed by atoms with van der Waals surface area (Å²) in [6.45, 7) is 4.44. The van der Waals surface area contributed by atoms with Gasteiger partial charge in [0.15, 0.2) is 5.79 Å². The van der Waals surface area contributed by atoms with E-state index in [2.05, 4.69) is 23.1 Å². The Labute approximate surface area is 130 Å². The molecule has 2 heterocycles. The first-order valence-corrected chi connectivity index (χ1v) is 7.70. The van der Waals surface area contributed by atoms with E-state index in [0.29, 0.717) is 12.4 Å². The van der Waals surface area contributed by atoms with E-state index in [4.69, 9.17) is 21.1 Å². The fraction of sp³-hybridized carbons (Fsp3) is 0.562. The van der Waals surface area contributed by atoms with E-state index < -0.39 is 5.79 Å². The van der Waals surface area contributed by atoms with E-state index in [9.17, 15) is 5.26 Å². The Morgan fingerprint density at radius 2 is 1.90 bits per heavy atom. The van der Waals surface area contributed by atoms with Gasteiger partial charge in [0.1, 0.15) is 18.2 Å². The Hall–Kier alpha value is -1.12. The van der Waals surface area contributed by atoms with Crippen molar-refractivity contribution in [2.75, 3.05) is 5.88 Å². The molecule has 1 aromatic carbocycles. The lowest BCUT2D eigenvalue weighted by Crippen LogP contribution is -2.42. The van der Waals surface area contributed by atoms with E-state index in [-0.39, 0.29) is 24.3 Å². The molecule has 2 aliphatic heterocycles. The molecular weight excluding hydrogens is 288 g/mol. The summed E-state index contributed by atoms with van der Waals surface area (Å²) >= 11 is 6.16. The number of hydrogen-bond acceptors (Lipinski definition) is 4. The van der Waals surface area contributed by atoms with Crippen LogP contribution in [-0.4, -0.2) is 40.9 Å². The summed E-state index contributed by atoms with van der Waals surface area (Å²) in [4.78, 5) is 2.10. The minimum Gasteiger partial charge on any atom is -0.343 e. The van der Waals surface area contributed by atoms with Crippen molar-refractivity contribution in [1.29, 1.82) is 5.26 Å². The second-order valence-corrected chi connectivity index (χ2v) is 6.33. The molecule has 0 bridgehead atoms. The maximum Gasteiger partial charge on any atom is 0.163 e. The summed E-state index contributed by atoms with van der Waals surface area (Å²) < 4.78 is 11.9. The highest BCUT2D eigenvalue weighted by atomic mass is 35.5. The van der Waals surface area contributed by atoms with Crippen LogP contribution in [0.25, 0.3) is 0 Å². The Balaban J connectivity index is 1.85. The largest absolute Gasteiger partial charge is 0.343 e. The average Bonchev–Trinajstić information content (AvgIpc) is 2.89. The van der Waals surface area contributed by atoms with Crippen LogP contribution in [0.15, 0.2) is 30.3 Å². The molecule has 0 radical (unpaired) electrons. The summed E-state index contributed by atoms with van der Waals surface area (Å²) in [6.07, 6.45) is -0.386. The fourth-order valence-corrected chi connectivity index (χ4v) is 3.63. The van der Waals surface area contributed by atoms with Crippen molar-refractivity contribution < 1.29 is 9.47 Å². The normalized spacial score (nSPS) is 34.6. The first-order valence-electron chi connectivity index (χ1n) is 7.16. The third kappa shape index (κ3) is 2.67. The molecule has 3 rings (SSSR count). The molecule has 0 aliphatic carbocycles. The van der Waals surface area contributed by atoms with Crippen molar-refractivity contribution in [3.63, 3.8) is 0 Å². The second-order valence-electron chi connectivity index (χ2n) is 6.02. The lowest BCUT2D eigenvalue weighted by atomic mass is 10.1. The predicted molar refractivity (Wildman–Crippen MR) is 79.7 cm³/mol. The van der Waals surface area contributed by atoms with Crippen molar-refractivity contribution in [1.82, 2.24) is 4.90 Å². The van der Waals surface area contributed by atoms with Crippen molar-refractivity contribution in [2.45, 2.75) is 50.5 Å². The monoisotopic (exact) mass is 306 g/mol. The first kappa shape index (κ1) is 14.8. The minimum atomic E-state index is -0.645. The van der Waals surface area contributed by atoms with Crippen LogP contribution in [0.1, 0.15) is 19.4 Å². The Morgan fingerprint density at radius 1 is 1.24 bits per heavy atom. The predicted octanol–water partition coefficient (Wildman–Crippen LogP) is 2.52. The molecule has 0 spiro atoms. The van der Waals surface area contributed by atoms with E-state index in [1.807, 2.05) is 32.0 Å². The van der Waals surface area contributed by atoms with E-state index >= 15 is 0 Å². The molecule has 2 fully saturated rings. The Kier molecular flexibility index (Phi) is 3.94. The number of hydrogen-bond donors (Lipinski definition) is 0. The maximum absolute atomic E-state index is 9.57. The number of nitriles is 1. The molecule has 2 aliphatic rings. The zero-order chi connectivity index (χ0) is 15.0. The van der Waals surface area contributed by atoms with Gasteiger partial charge in [-0.05, 0) is 19.4 Å². The van der Waals surface area contributed by atoms with Crippen molar-refractivity contribution in [3.8, 4) is 6.07 Å². The highest BCUT2D eigenvalue weighted by Gasteiger charge is 2.57. The van der Waals surface area contributed by atoms with Crippen LogP contribution >= 0.6 is 11.6 Å². The molecular formula is C16H19ClN2O2. The van der Waals surface area contributed by atoms with E-state index in [1.54, 1.807) is 0 Å². The smallest absolute Gasteiger partial charge is 0.163 e. The maximum atomic E-state index is 9.57. The minimum absolute atomic E-state index is 0.0108. The Morgan fingerprint density at radius 3 is 2.52 bits per heavy atom. The molecule has 112 valence electrons. The Bertz CT molecular complexity index is 543. The van der Waals surface area contributed by atoms with Crippen LogP contribution in [0.4, 0.5) is 0 Å². The third-order valence-electron chi connectivity index (χ3n) is 4.14. The van der Waals surface area contributed by atoms with Crippen LogP contribution < -0.4 is 0 Å². The fourth-order valence-electron chi connectivity index (χ4n) is 3.28. The SMILES string of the molecule is CC1(C)O[C@@H]2[C@H](O1)[C@H](CCl)N(Cc1ccccc1)[C@@H]2C#N. The molecule has 0 aromatic heterocycles. The third-order valence-corrected chi connectivity index (χ3v) is 4.45. The van der Waals surface area contributed by atoms with Crippen LogP contribution in [0.3, 0.4) is 0 Å². The van der Waals surface area contributed by atoms with Crippen molar-refractivity contribution >= 4 is 11.6 Å². The van der Waals surface area contributed by atoms with E-state index in [0.717, 1.165) is 5.56 Å². The highest BCUT2D eigenvalue weighted by molar-refractivity contribution is 6.18. The van der Waals surface area contributed by atoms with Gasteiger partial charge in [0.05, 0.1) is 12.1 Å². The van der Waals surface area contributed by atoms with Crippen molar-refractivity contribution in [2.24, 2.45) is 0 Å². The molecule has 21 heavy (non-hydrogen) atoms. The molecule has 0 amide bonds. The second kappa shape index (κ2) is 5.58. The van der Waals surface area contributed by atoms with Gasteiger partial charge >= 0.3 is 0 Å². The standard InChI is InChI=1S/C16H19ClN2O2/c1-16(2)20-14-12(8-17)19(13(9-18)15(14)21-16)10-11-6-4-3-5-7-11/h3-7,12-15H,8,10H2,1-2H3/t12-,13+,14+,15-/m0/s1. The van der Waals surface area contributed by atoms with Crippen LogP contribution in [-0.2, 0) is 16.0 Å². The molecule has 0 N–H and O–H groups in total. The van der Waals surface area contributed by atoms with Gasteiger partial charge in [0.25, 0.3) is 0 Å². The average molecular weight is 307 g/mol. The summed E-state index contributed by atoms with van der Waals surface area (Å²) in [5.41, 5.74) is 1.16. The number of halogens is 1. The summed E-state index contributed by atoms with van der Waals surface area (Å²) in [5.74, 6) is -0.223. The van der Waals surface area contributed by atoms with Gasteiger partial charge in [0.2, 0.25) is 0 Å². The number of alkyl halides is 1. The molecule has 4 nitrogen and oxygen atoms in total. The van der Waals surface area contributed by atoms with Gasteiger partial charge in [0, 0.05) is 12.4 Å². The van der Waals surface area contributed by atoms with Gasteiger partial charge in [-0.15, -0.1) is 11.6 Å². The number of ether oxygens (including phenoxy) is 2. The summed E-state index contributed by atoms with van der Waals surface area (Å²) in [5, 5.41) is 9.57. The quantitative estimate of drug-likeness (QED) is 0.805. The van der Waals surface area contributed by atoms with Gasteiger partial charge in [-0.25, -0.2) is 0 Å². The van der Waals surface area contributed by atoms with Crippen LogP contribution in [0.2, 0.25) is 0 Å². The van der Waals surface area contributed by atoms with Gasteiger partial charge in [-0.1, -0.05) is 30.3 Å². The zero-order valence-corrected chi connectivity index (χ0v) is 13.0. The molecule has 2 saturated heterocycles. The van der Waals surface area contributed by atoms with Crippen LogP contribution in [0, 0.1) is 11.3 Å². The molecule has 0 unspecified atom stereocenters. The molecule has 5 heteroatoms. The number of likely N-dealkylation sites (tertiary alicyclic amines) is 1. The van der Waals surface area contributed by atoms with Gasteiger partial charge in [-0.3, -0.25) is 4.90 Å². The number of benzene rings is 1. The topological polar surface area (TPSA) is 45.5 Å².